The highest BCUT2D eigenvalue weighted by Crippen LogP contribution is 2.44. The van der Waals surface area contributed by atoms with Gasteiger partial charge in [-0.1, -0.05) is 60.7 Å². The fourth-order valence-corrected chi connectivity index (χ4v) is 7.47. The molecule has 14 nitrogen and oxygen atoms in total. The third-order valence-corrected chi connectivity index (χ3v) is 9.95. The molecule has 3 aliphatic rings. The van der Waals surface area contributed by atoms with Crippen LogP contribution in [0, 0.1) is 0 Å². The van der Waals surface area contributed by atoms with Crippen molar-refractivity contribution in [3.8, 4) is 0 Å². The fourth-order valence-electron chi connectivity index (χ4n) is 7.47. The molecule has 8 rings (SSSR count). The summed E-state index contributed by atoms with van der Waals surface area (Å²) in [7, 11) is 0. The number of pyridine rings is 1. The Kier molecular flexibility index (Phi) is 9.49. The number of anilines is 2. The maximum atomic E-state index is 13.2. The van der Waals surface area contributed by atoms with Crippen LogP contribution in [0.1, 0.15) is 60.8 Å². The zero-order valence-electron chi connectivity index (χ0n) is 29.9. The molecule has 0 aliphatic carbocycles. The van der Waals surface area contributed by atoms with Crippen molar-refractivity contribution in [3.63, 3.8) is 0 Å². The molecule has 14 heteroatoms. The van der Waals surface area contributed by atoms with Crippen LogP contribution in [-0.4, -0.2) is 92.6 Å². The fraction of sp³-hybridized carbons (Fsp3) is 0.385. The molecule has 3 saturated heterocycles. The van der Waals surface area contributed by atoms with Crippen molar-refractivity contribution in [2.75, 3.05) is 36.4 Å². The van der Waals surface area contributed by atoms with E-state index in [2.05, 4.69) is 50.1 Å². The number of carbonyl (C=O) groups excluding carboxylic acids is 2. The predicted octanol–water partition coefficient (Wildman–Crippen LogP) is 4.03. The molecule has 0 bridgehead atoms. The minimum atomic E-state index is -0.916. The molecule has 6 heterocycles. The summed E-state index contributed by atoms with van der Waals surface area (Å²) < 4.78 is 20.8. The first-order valence-corrected chi connectivity index (χ1v) is 18.1. The van der Waals surface area contributed by atoms with Gasteiger partial charge in [0.15, 0.2) is 35.1 Å². The van der Waals surface area contributed by atoms with Crippen molar-refractivity contribution in [3.05, 3.63) is 108 Å². The van der Waals surface area contributed by atoms with E-state index >= 15 is 0 Å². The maximum Gasteiger partial charge on any atom is 0.252 e. The van der Waals surface area contributed by atoms with Gasteiger partial charge in [-0.05, 0) is 50.5 Å². The Labute approximate surface area is 307 Å². The van der Waals surface area contributed by atoms with E-state index in [-0.39, 0.29) is 23.8 Å². The number of nitrogens with one attached hydrogen (secondary N) is 3. The molecule has 2 aromatic carbocycles. The van der Waals surface area contributed by atoms with E-state index < -0.39 is 30.3 Å². The maximum absolute atomic E-state index is 13.2. The molecule has 5 aromatic rings. The lowest BCUT2D eigenvalue weighted by Crippen LogP contribution is -2.42. The average Bonchev–Trinajstić information content (AvgIpc) is 3.96. The summed E-state index contributed by atoms with van der Waals surface area (Å²) in [5.41, 5.74) is 3.95. The topological polar surface area (TPSA) is 158 Å². The Morgan fingerprint density at radius 3 is 2.34 bits per heavy atom. The normalized spacial score (nSPS) is 23.3. The van der Waals surface area contributed by atoms with Crippen molar-refractivity contribution >= 4 is 34.7 Å². The monoisotopic (exact) mass is 717 g/mol. The van der Waals surface area contributed by atoms with Crippen LogP contribution in [-0.2, 0) is 19.0 Å². The standard InChI is InChI=1S/C39H43N9O5/c1-4-41-36(50)31-30-32(53-39(2,3)52-30)37(51-31)48-23-43-29-33(42-21-28(24-11-7-5-8-12-24)25-13-9-6-10-14-25)45-38(46-34(29)48)47-20-17-27(22-47)44-35(49)26-15-18-40-19-16-26/h5-16,18-19,23,27-28,30-32,37H,4,17,20-22H2,1-3H3,(H,41,50)(H,44,49)(H,42,45,46)/t27-,30-,31+,32-,37-/m1/s1. The lowest BCUT2D eigenvalue weighted by Gasteiger charge is -2.25. The number of nitrogens with zero attached hydrogens (tertiary/aromatic N) is 6. The third-order valence-electron chi connectivity index (χ3n) is 9.95. The Bertz CT molecular complexity index is 2020. The second kappa shape index (κ2) is 14.5. The predicted molar refractivity (Wildman–Crippen MR) is 197 cm³/mol. The van der Waals surface area contributed by atoms with Gasteiger partial charge in [-0.15, -0.1) is 0 Å². The molecule has 274 valence electrons. The first-order chi connectivity index (χ1) is 25.8. The molecule has 0 saturated carbocycles. The Morgan fingerprint density at radius 1 is 0.943 bits per heavy atom. The second-order valence-electron chi connectivity index (χ2n) is 14.0. The number of imidazole rings is 1. The number of ether oxygens (including phenoxy) is 3. The average molecular weight is 718 g/mol. The largest absolute Gasteiger partial charge is 0.367 e. The highest BCUT2D eigenvalue weighted by atomic mass is 16.8. The molecule has 0 unspecified atom stereocenters. The molecular formula is C39H43N9O5. The van der Waals surface area contributed by atoms with Gasteiger partial charge in [0.2, 0.25) is 5.95 Å². The van der Waals surface area contributed by atoms with E-state index in [0.29, 0.717) is 61.1 Å². The van der Waals surface area contributed by atoms with Crippen LogP contribution in [0.5, 0.6) is 0 Å². The molecular weight excluding hydrogens is 674 g/mol. The number of carbonyl (C=O) groups is 2. The van der Waals surface area contributed by atoms with Crippen LogP contribution in [0.3, 0.4) is 0 Å². The summed E-state index contributed by atoms with van der Waals surface area (Å²) in [6.45, 7) is 7.66. The van der Waals surface area contributed by atoms with E-state index in [1.807, 2.05) is 61.7 Å². The van der Waals surface area contributed by atoms with Crippen molar-refractivity contribution < 1.29 is 23.8 Å². The van der Waals surface area contributed by atoms with E-state index in [0.717, 1.165) is 11.1 Å². The number of fused-ring (bicyclic) bond motifs is 2. The number of likely N-dealkylation sites (N-methyl/N-ethyl adjacent to an activating group) is 1. The quantitative estimate of drug-likeness (QED) is 0.181. The first-order valence-electron chi connectivity index (χ1n) is 18.1. The summed E-state index contributed by atoms with van der Waals surface area (Å²) in [6, 6.07) is 24.0. The van der Waals surface area contributed by atoms with Crippen LogP contribution in [0.15, 0.2) is 91.5 Å². The summed E-state index contributed by atoms with van der Waals surface area (Å²) in [5, 5.41) is 9.65. The highest BCUT2D eigenvalue weighted by molar-refractivity contribution is 5.94. The number of amides is 2. The van der Waals surface area contributed by atoms with Gasteiger partial charge in [0, 0.05) is 56.1 Å². The number of aromatic nitrogens is 5. The highest BCUT2D eigenvalue weighted by Gasteiger charge is 2.58. The minimum absolute atomic E-state index is 0.0237. The summed E-state index contributed by atoms with van der Waals surface area (Å²) >= 11 is 0. The SMILES string of the molecule is CCNC(=O)[C@H]1O[C@@H](n2cnc3c(NCC(c4ccccc4)c4ccccc4)nc(N4CC[C@@H](NC(=O)c5ccncc5)C4)nc32)[C@@H]2OC(C)(C)O[C@@H]21. The summed E-state index contributed by atoms with van der Waals surface area (Å²) in [6.07, 6.45) is 2.74. The second-order valence-corrected chi connectivity index (χ2v) is 14.0. The molecule has 3 aromatic heterocycles. The minimum Gasteiger partial charge on any atom is -0.367 e. The van der Waals surface area contributed by atoms with Crippen molar-refractivity contribution in [2.45, 2.75) is 69.5 Å². The van der Waals surface area contributed by atoms with Gasteiger partial charge in [0.05, 0.1) is 6.33 Å². The van der Waals surface area contributed by atoms with Crippen molar-refractivity contribution in [1.82, 2.24) is 35.1 Å². The molecule has 3 fully saturated rings. The molecule has 3 N–H and O–H groups in total. The van der Waals surface area contributed by atoms with Crippen LogP contribution in [0.25, 0.3) is 11.2 Å². The van der Waals surface area contributed by atoms with Crippen LogP contribution in [0.4, 0.5) is 11.8 Å². The van der Waals surface area contributed by atoms with Gasteiger partial charge in [-0.2, -0.15) is 9.97 Å². The lowest BCUT2D eigenvalue weighted by atomic mass is 9.91. The molecule has 5 atom stereocenters. The van der Waals surface area contributed by atoms with Gasteiger partial charge in [0.25, 0.3) is 11.8 Å². The van der Waals surface area contributed by atoms with Gasteiger partial charge in [-0.3, -0.25) is 19.1 Å². The number of benzene rings is 2. The Balaban J connectivity index is 1.14. The zero-order chi connectivity index (χ0) is 36.5. The van der Waals surface area contributed by atoms with Gasteiger partial charge < -0.3 is 35.1 Å². The smallest absolute Gasteiger partial charge is 0.252 e. The molecule has 53 heavy (non-hydrogen) atoms. The van der Waals surface area contributed by atoms with E-state index in [4.69, 9.17) is 29.2 Å². The van der Waals surface area contributed by atoms with Gasteiger partial charge in [-0.25, -0.2) is 4.98 Å². The third kappa shape index (κ3) is 7.04. The molecule has 3 aliphatic heterocycles. The zero-order valence-corrected chi connectivity index (χ0v) is 29.9. The van der Waals surface area contributed by atoms with Crippen LogP contribution in [0.2, 0.25) is 0 Å². The Morgan fingerprint density at radius 2 is 1.64 bits per heavy atom. The number of hydrogen-bond acceptors (Lipinski definition) is 11. The summed E-state index contributed by atoms with van der Waals surface area (Å²) in [5.74, 6) is -0.268. The van der Waals surface area contributed by atoms with Crippen molar-refractivity contribution in [1.29, 1.82) is 0 Å². The lowest BCUT2D eigenvalue weighted by molar-refractivity contribution is -0.197. The van der Waals surface area contributed by atoms with Crippen LogP contribution >= 0.6 is 0 Å². The number of hydrogen-bond donors (Lipinski definition) is 3. The molecule has 0 radical (unpaired) electrons. The van der Waals surface area contributed by atoms with E-state index in [9.17, 15) is 9.59 Å². The van der Waals surface area contributed by atoms with E-state index in [1.165, 1.54) is 0 Å². The van der Waals surface area contributed by atoms with Gasteiger partial charge in [0.1, 0.15) is 12.2 Å². The first kappa shape index (κ1) is 34.6. The van der Waals surface area contributed by atoms with Crippen LogP contribution < -0.4 is 20.9 Å². The Hall–Kier alpha value is -5.44. The molecule has 0 spiro atoms. The number of rotatable bonds is 11. The van der Waals surface area contributed by atoms with Crippen molar-refractivity contribution in [2.24, 2.45) is 0 Å². The van der Waals surface area contributed by atoms with Gasteiger partial charge >= 0.3 is 0 Å². The van der Waals surface area contributed by atoms with E-state index in [1.54, 1.807) is 30.9 Å². The summed E-state index contributed by atoms with van der Waals surface area (Å²) in [4.78, 5) is 47.2. The molecule has 2 amide bonds.